The van der Waals surface area contributed by atoms with Gasteiger partial charge in [0.25, 0.3) is 6.43 Å². The molecular formula is C9H12F2O4. The molecule has 0 aromatic carbocycles. The highest BCUT2D eigenvalue weighted by Crippen LogP contribution is 2.32. The van der Waals surface area contributed by atoms with Crippen LogP contribution in [-0.4, -0.2) is 30.1 Å². The fourth-order valence-corrected chi connectivity index (χ4v) is 1.02. The van der Waals surface area contributed by atoms with Gasteiger partial charge in [0.1, 0.15) is 0 Å². The molecule has 0 amide bonds. The van der Waals surface area contributed by atoms with Crippen molar-refractivity contribution in [2.75, 3.05) is 6.61 Å². The van der Waals surface area contributed by atoms with E-state index in [1.54, 1.807) is 0 Å². The number of carbonyl (C=O) groups excluding carboxylic acids is 1. The van der Waals surface area contributed by atoms with Crippen molar-refractivity contribution in [1.29, 1.82) is 0 Å². The SMILES string of the molecule is C=CCC(C(=O)O)(C(=O)OCC)C(F)F. The Balaban J connectivity index is 5.20. The summed E-state index contributed by atoms with van der Waals surface area (Å²) in [5, 5.41) is 8.69. The molecule has 0 heterocycles. The first-order chi connectivity index (χ1) is 6.93. The maximum Gasteiger partial charge on any atom is 0.329 e. The standard InChI is InChI=1S/C9H12F2O4/c1-3-5-9(6(10)11,7(12)13)8(14)15-4-2/h3,6H,1,4-5H2,2H3,(H,12,13). The topological polar surface area (TPSA) is 63.6 Å². The highest BCUT2D eigenvalue weighted by molar-refractivity contribution is 5.99. The lowest BCUT2D eigenvalue weighted by molar-refractivity contribution is -0.180. The van der Waals surface area contributed by atoms with Gasteiger partial charge in [-0.1, -0.05) is 6.08 Å². The number of ether oxygens (including phenoxy) is 1. The Labute approximate surface area is 85.5 Å². The van der Waals surface area contributed by atoms with E-state index in [9.17, 15) is 18.4 Å². The number of rotatable bonds is 6. The molecule has 0 spiro atoms. The minimum absolute atomic E-state index is 0.155. The lowest BCUT2D eigenvalue weighted by Gasteiger charge is -2.24. The van der Waals surface area contributed by atoms with Gasteiger partial charge in [-0.3, -0.25) is 9.59 Å². The van der Waals surface area contributed by atoms with Crippen molar-refractivity contribution in [2.45, 2.75) is 19.8 Å². The largest absolute Gasteiger partial charge is 0.480 e. The number of aliphatic carboxylic acids is 1. The lowest BCUT2D eigenvalue weighted by Crippen LogP contribution is -2.46. The van der Waals surface area contributed by atoms with Gasteiger partial charge in [0.2, 0.25) is 5.41 Å². The third kappa shape index (κ3) is 2.51. The third-order valence-corrected chi connectivity index (χ3v) is 1.86. The average Bonchev–Trinajstić information content (AvgIpc) is 2.13. The van der Waals surface area contributed by atoms with E-state index in [4.69, 9.17) is 5.11 Å². The number of esters is 1. The van der Waals surface area contributed by atoms with Crippen LogP contribution in [-0.2, 0) is 14.3 Å². The first kappa shape index (κ1) is 13.5. The molecule has 1 atom stereocenters. The van der Waals surface area contributed by atoms with E-state index in [1.807, 2.05) is 0 Å². The molecule has 1 N–H and O–H groups in total. The minimum Gasteiger partial charge on any atom is -0.480 e. The first-order valence-corrected chi connectivity index (χ1v) is 4.23. The summed E-state index contributed by atoms with van der Waals surface area (Å²) in [5.74, 6) is -3.34. The number of hydrogen-bond donors (Lipinski definition) is 1. The molecule has 1 unspecified atom stereocenters. The van der Waals surface area contributed by atoms with Crippen molar-refractivity contribution in [3.05, 3.63) is 12.7 Å². The Bertz CT molecular complexity index is 265. The van der Waals surface area contributed by atoms with E-state index in [-0.39, 0.29) is 6.61 Å². The van der Waals surface area contributed by atoms with Crippen LogP contribution in [0, 0.1) is 5.41 Å². The number of halogens is 2. The summed E-state index contributed by atoms with van der Waals surface area (Å²) >= 11 is 0. The van der Waals surface area contributed by atoms with Crippen molar-refractivity contribution in [1.82, 2.24) is 0 Å². The van der Waals surface area contributed by atoms with E-state index < -0.39 is 30.2 Å². The summed E-state index contributed by atoms with van der Waals surface area (Å²) in [6.07, 6.45) is -3.05. The Kier molecular flexibility index (Phi) is 4.90. The summed E-state index contributed by atoms with van der Waals surface area (Å²) in [6.45, 7) is 4.40. The molecule has 0 bridgehead atoms. The Morgan fingerprint density at radius 2 is 2.13 bits per heavy atom. The second kappa shape index (κ2) is 5.43. The van der Waals surface area contributed by atoms with Gasteiger partial charge < -0.3 is 9.84 Å². The number of alkyl halides is 2. The average molecular weight is 222 g/mol. The molecule has 0 aliphatic heterocycles. The van der Waals surface area contributed by atoms with Gasteiger partial charge in [0.05, 0.1) is 6.61 Å². The van der Waals surface area contributed by atoms with Crippen LogP contribution in [0.3, 0.4) is 0 Å². The molecule has 6 heteroatoms. The highest BCUT2D eigenvalue weighted by Gasteiger charge is 2.55. The molecule has 0 rings (SSSR count). The normalized spacial score (nSPS) is 14.4. The number of hydrogen-bond acceptors (Lipinski definition) is 3. The maximum absolute atomic E-state index is 12.6. The van der Waals surface area contributed by atoms with Gasteiger partial charge in [-0.15, -0.1) is 6.58 Å². The molecule has 0 aliphatic carbocycles. The molecule has 0 fully saturated rings. The summed E-state index contributed by atoms with van der Waals surface area (Å²) < 4.78 is 29.6. The fraction of sp³-hybridized carbons (Fsp3) is 0.556. The number of carboxylic acids is 1. The monoisotopic (exact) mass is 222 g/mol. The highest BCUT2D eigenvalue weighted by atomic mass is 19.3. The summed E-state index contributed by atoms with van der Waals surface area (Å²) in [4.78, 5) is 21.9. The van der Waals surface area contributed by atoms with Gasteiger partial charge in [-0.05, 0) is 13.3 Å². The van der Waals surface area contributed by atoms with Crippen molar-refractivity contribution in [3.63, 3.8) is 0 Å². The van der Waals surface area contributed by atoms with E-state index in [1.165, 1.54) is 6.92 Å². The molecule has 86 valence electrons. The van der Waals surface area contributed by atoms with Gasteiger partial charge in [0, 0.05) is 0 Å². The molecule has 0 aromatic heterocycles. The predicted molar refractivity (Wildman–Crippen MR) is 47.5 cm³/mol. The lowest BCUT2D eigenvalue weighted by atomic mass is 9.85. The van der Waals surface area contributed by atoms with E-state index in [0.29, 0.717) is 0 Å². The fourth-order valence-electron chi connectivity index (χ4n) is 1.02. The van der Waals surface area contributed by atoms with E-state index >= 15 is 0 Å². The van der Waals surface area contributed by atoms with Gasteiger partial charge >= 0.3 is 11.9 Å². The summed E-state index contributed by atoms with van der Waals surface area (Å²) in [7, 11) is 0. The van der Waals surface area contributed by atoms with E-state index in [2.05, 4.69) is 11.3 Å². The van der Waals surface area contributed by atoms with Crippen LogP contribution in [0.5, 0.6) is 0 Å². The summed E-state index contributed by atoms with van der Waals surface area (Å²) in [6, 6.07) is 0. The van der Waals surface area contributed by atoms with Crippen LogP contribution in [0.2, 0.25) is 0 Å². The molecular weight excluding hydrogens is 210 g/mol. The second-order valence-electron chi connectivity index (χ2n) is 2.79. The molecule has 4 nitrogen and oxygen atoms in total. The van der Waals surface area contributed by atoms with Gasteiger partial charge in [0.15, 0.2) is 0 Å². The van der Waals surface area contributed by atoms with Gasteiger partial charge in [-0.25, -0.2) is 8.78 Å². The zero-order valence-electron chi connectivity index (χ0n) is 8.20. The first-order valence-electron chi connectivity index (χ1n) is 4.23. The number of allylic oxidation sites excluding steroid dienone is 1. The predicted octanol–water partition coefficient (Wildman–Crippen LogP) is 1.46. The van der Waals surface area contributed by atoms with Crippen LogP contribution in [0.25, 0.3) is 0 Å². The molecule has 0 saturated carbocycles. The van der Waals surface area contributed by atoms with Crippen LogP contribution in [0.4, 0.5) is 8.78 Å². The minimum atomic E-state index is -3.34. The second-order valence-corrected chi connectivity index (χ2v) is 2.79. The van der Waals surface area contributed by atoms with Crippen molar-refractivity contribution in [2.24, 2.45) is 5.41 Å². The molecule has 0 radical (unpaired) electrons. The summed E-state index contributed by atoms with van der Waals surface area (Å²) in [5.41, 5.74) is -2.84. The molecule has 15 heavy (non-hydrogen) atoms. The van der Waals surface area contributed by atoms with Crippen LogP contribution in [0.15, 0.2) is 12.7 Å². The zero-order chi connectivity index (χ0) is 12.1. The maximum atomic E-state index is 12.6. The van der Waals surface area contributed by atoms with Crippen molar-refractivity contribution < 1.29 is 28.2 Å². The quantitative estimate of drug-likeness (QED) is 0.420. The van der Waals surface area contributed by atoms with Crippen molar-refractivity contribution >= 4 is 11.9 Å². The van der Waals surface area contributed by atoms with Gasteiger partial charge in [-0.2, -0.15) is 0 Å². The third-order valence-electron chi connectivity index (χ3n) is 1.86. The molecule has 0 aliphatic rings. The zero-order valence-corrected chi connectivity index (χ0v) is 8.20. The Morgan fingerprint density at radius 3 is 2.40 bits per heavy atom. The number of carbonyl (C=O) groups is 2. The van der Waals surface area contributed by atoms with Crippen molar-refractivity contribution in [3.8, 4) is 0 Å². The molecule has 0 aromatic rings. The smallest absolute Gasteiger partial charge is 0.329 e. The van der Waals surface area contributed by atoms with Crippen LogP contribution >= 0.6 is 0 Å². The van der Waals surface area contributed by atoms with E-state index in [0.717, 1.165) is 6.08 Å². The molecule has 0 saturated heterocycles. The van der Waals surface area contributed by atoms with Crippen LogP contribution < -0.4 is 0 Å². The Hall–Kier alpha value is -1.46. The number of carboxylic acid groups (broad SMARTS) is 1. The van der Waals surface area contributed by atoms with Crippen LogP contribution in [0.1, 0.15) is 13.3 Å². The Morgan fingerprint density at radius 1 is 1.60 bits per heavy atom.